The normalized spacial score (nSPS) is 11.4. The summed E-state index contributed by atoms with van der Waals surface area (Å²) < 4.78 is 7.22. The van der Waals surface area contributed by atoms with Crippen molar-refractivity contribution in [1.82, 2.24) is 14.4 Å². The molecule has 0 fully saturated rings. The molecule has 6 rings (SSSR count). The van der Waals surface area contributed by atoms with E-state index in [1.54, 1.807) is 10.7 Å². The van der Waals surface area contributed by atoms with Gasteiger partial charge in [-0.25, -0.2) is 9.97 Å². The van der Waals surface area contributed by atoms with E-state index in [0.29, 0.717) is 24.2 Å². The third-order valence-corrected chi connectivity index (χ3v) is 5.90. The van der Waals surface area contributed by atoms with Crippen LogP contribution in [0, 0.1) is 0 Å². The van der Waals surface area contributed by atoms with Gasteiger partial charge < -0.3 is 9.52 Å². The van der Waals surface area contributed by atoms with Gasteiger partial charge in [0.25, 0.3) is 0 Å². The van der Waals surface area contributed by atoms with Crippen LogP contribution in [0.2, 0.25) is 0 Å². The van der Waals surface area contributed by atoms with Crippen LogP contribution in [0.25, 0.3) is 27.7 Å². The maximum Gasteiger partial charge on any atom is 0.219 e. The molecule has 0 aliphatic rings. The third kappa shape index (κ3) is 3.64. The Morgan fingerprint density at radius 2 is 1.58 bits per heavy atom. The summed E-state index contributed by atoms with van der Waals surface area (Å²) in [6, 6.07) is 28.5. The van der Waals surface area contributed by atoms with Crippen LogP contribution in [0.4, 0.5) is 0 Å². The maximum absolute atomic E-state index is 11.1. The summed E-state index contributed by atoms with van der Waals surface area (Å²) in [6.45, 7) is 0. The minimum Gasteiger partial charge on any atom is -0.493 e. The largest absolute Gasteiger partial charge is 0.493 e. The van der Waals surface area contributed by atoms with E-state index in [-0.39, 0.29) is 5.88 Å². The van der Waals surface area contributed by atoms with E-state index in [1.165, 1.54) is 5.39 Å². The standard InChI is InChI=1S/C28H21N3O2/c32-28-25(17-23-11-6-14-33-23)30-27-24(15-19-7-2-1-3-8-19)29-26(18-31(27)28)22-13-12-20-9-4-5-10-21(20)16-22/h1-14,16,18,32H,15,17H2. The van der Waals surface area contributed by atoms with Crippen molar-refractivity contribution in [3.63, 3.8) is 0 Å². The van der Waals surface area contributed by atoms with Crippen LogP contribution in [-0.4, -0.2) is 19.5 Å². The molecule has 0 aliphatic heterocycles. The van der Waals surface area contributed by atoms with Gasteiger partial charge in [0.05, 0.1) is 24.1 Å². The molecule has 3 heterocycles. The molecule has 0 atom stereocenters. The Morgan fingerprint density at radius 1 is 0.758 bits per heavy atom. The minimum atomic E-state index is 0.111. The van der Waals surface area contributed by atoms with Crippen molar-refractivity contribution in [3.05, 3.63) is 120 Å². The van der Waals surface area contributed by atoms with Crippen LogP contribution in [0.5, 0.6) is 5.88 Å². The van der Waals surface area contributed by atoms with Crippen molar-refractivity contribution < 1.29 is 9.52 Å². The number of fused-ring (bicyclic) bond motifs is 2. The molecule has 5 nitrogen and oxygen atoms in total. The zero-order valence-electron chi connectivity index (χ0n) is 17.8. The highest BCUT2D eigenvalue weighted by molar-refractivity contribution is 5.86. The fourth-order valence-electron chi connectivity index (χ4n) is 4.24. The van der Waals surface area contributed by atoms with Gasteiger partial charge in [0.1, 0.15) is 11.5 Å². The molecule has 0 amide bonds. The van der Waals surface area contributed by atoms with E-state index in [1.807, 2.05) is 48.7 Å². The average Bonchev–Trinajstić information content (AvgIpc) is 3.48. The van der Waals surface area contributed by atoms with Crippen molar-refractivity contribution in [1.29, 1.82) is 0 Å². The number of imidazole rings is 1. The number of benzene rings is 3. The summed E-state index contributed by atoms with van der Waals surface area (Å²) in [5, 5.41) is 13.4. The summed E-state index contributed by atoms with van der Waals surface area (Å²) in [6.07, 6.45) is 4.52. The highest BCUT2D eigenvalue weighted by Gasteiger charge is 2.18. The Hall–Kier alpha value is -4.38. The molecule has 160 valence electrons. The first-order valence-corrected chi connectivity index (χ1v) is 10.9. The van der Waals surface area contributed by atoms with Gasteiger partial charge in [-0.1, -0.05) is 66.7 Å². The Bertz CT molecular complexity index is 1570. The van der Waals surface area contributed by atoms with Crippen molar-refractivity contribution in [2.75, 3.05) is 0 Å². The molecule has 0 bridgehead atoms. The first-order valence-electron chi connectivity index (χ1n) is 10.9. The van der Waals surface area contributed by atoms with Gasteiger partial charge in [-0.2, -0.15) is 0 Å². The molecule has 0 unspecified atom stereocenters. The quantitative estimate of drug-likeness (QED) is 0.362. The van der Waals surface area contributed by atoms with Gasteiger partial charge in [-0.05, 0) is 34.5 Å². The van der Waals surface area contributed by atoms with Crippen LogP contribution >= 0.6 is 0 Å². The molecular weight excluding hydrogens is 410 g/mol. The topological polar surface area (TPSA) is 63.6 Å². The minimum absolute atomic E-state index is 0.111. The fourth-order valence-corrected chi connectivity index (χ4v) is 4.24. The molecule has 1 N–H and O–H groups in total. The fraction of sp³-hybridized carbons (Fsp3) is 0.0714. The van der Waals surface area contributed by atoms with Gasteiger partial charge in [-0.15, -0.1) is 0 Å². The first kappa shape index (κ1) is 19.3. The molecule has 0 saturated heterocycles. The Morgan fingerprint density at radius 3 is 2.39 bits per heavy atom. The predicted octanol–water partition coefficient (Wildman–Crippen LogP) is 6.03. The van der Waals surface area contributed by atoms with Crippen LogP contribution in [0.3, 0.4) is 0 Å². The second-order valence-corrected chi connectivity index (χ2v) is 8.13. The number of aromatic nitrogens is 3. The van der Waals surface area contributed by atoms with Crippen LogP contribution in [0.1, 0.15) is 22.7 Å². The van der Waals surface area contributed by atoms with Crippen LogP contribution in [-0.2, 0) is 12.8 Å². The lowest BCUT2D eigenvalue weighted by Gasteiger charge is -2.09. The van der Waals surface area contributed by atoms with Gasteiger partial charge in [0.15, 0.2) is 5.65 Å². The molecule has 3 aromatic carbocycles. The summed E-state index contributed by atoms with van der Waals surface area (Å²) in [4.78, 5) is 9.77. The number of hydrogen-bond acceptors (Lipinski definition) is 4. The molecule has 6 aromatic rings. The Labute approximate surface area is 190 Å². The number of hydrogen-bond donors (Lipinski definition) is 1. The van der Waals surface area contributed by atoms with Crippen molar-refractivity contribution >= 4 is 16.4 Å². The molecule has 5 heteroatoms. The zero-order chi connectivity index (χ0) is 22.2. The summed E-state index contributed by atoms with van der Waals surface area (Å²) >= 11 is 0. The molecule has 0 spiro atoms. The highest BCUT2D eigenvalue weighted by atomic mass is 16.3. The maximum atomic E-state index is 11.1. The predicted molar refractivity (Wildman–Crippen MR) is 128 cm³/mol. The van der Waals surface area contributed by atoms with Gasteiger partial charge in [0.2, 0.25) is 5.88 Å². The molecule has 0 radical (unpaired) electrons. The second kappa shape index (κ2) is 7.95. The lowest BCUT2D eigenvalue weighted by Crippen LogP contribution is -2.01. The molecular formula is C28H21N3O2. The molecule has 33 heavy (non-hydrogen) atoms. The van der Waals surface area contributed by atoms with Crippen LogP contribution < -0.4 is 0 Å². The van der Waals surface area contributed by atoms with Gasteiger partial charge >= 0.3 is 0 Å². The van der Waals surface area contributed by atoms with E-state index in [0.717, 1.165) is 33.7 Å². The van der Waals surface area contributed by atoms with Gasteiger partial charge in [0, 0.05) is 18.2 Å². The Kier molecular flexibility index (Phi) is 4.65. The molecule has 3 aromatic heterocycles. The van der Waals surface area contributed by atoms with E-state index in [2.05, 4.69) is 42.5 Å². The number of furan rings is 1. The van der Waals surface area contributed by atoms with Gasteiger partial charge in [-0.3, -0.25) is 4.40 Å². The second-order valence-electron chi connectivity index (χ2n) is 8.13. The highest BCUT2D eigenvalue weighted by Crippen LogP contribution is 2.29. The number of aromatic hydroxyl groups is 1. The monoisotopic (exact) mass is 431 g/mol. The van der Waals surface area contributed by atoms with Crippen LogP contribution in [0.15, 0.2) is 102 Å². The van der Waals surface area contributed by atoms with E-state index in [4.69, 9.17) is 14.4 Å². The SMILES string of the molecule is Oc1c(Cc2ccco2)nc2c(Cc3ccccc3)nc(-c3ccc4ccccc4c3)cn12. The number of rotatable bonds is 5. The number of nitrogens with zero attached hydrogens (tertiary/aromatic N) is 3. The van der Waals surface area contributed by atoms with Crippen molar-refractivity contribution in [3.8, 4) is 17.1 Å². The summed E-state index contributed by atoms with van der Waals surface area (Å²) in [7, 11) is 0. The summed E-state index contributed by atoms with van der Waals surface area (Å²) in [5.41, 5.74) is 4.95. The van der Waals surface area contributed by atoms with Crippen molar-refractivity contribution in [2.45, 2.75) is 12.8 Å². The lowest BCUT2D eigenvalue weighted by atomic mass is 10.0. The van der Waals surface area contributed by atoms with E-state index in [9.17, 15) is 5.11 Å². The Balaban J connectivity index is 1.52. The van der Waals surface area contributed by atoms with Crippen molar-refractivity contribution in [2.24, 2.45) is 0 Å². The third-order valence-electron chi connectivity index (χ3n) is 5.90. The van der Waals surface area contributed by atoms with E-state index < -0.39 is 0 Å². The van der Waals surface area contributed by atoms with E-state index >= 15 is 0 Å². The molecule has 0 aliphatic carbocycles. The zero-order valence-corrected chi connectivity index (χ0v) is 17.8. The lowest BCUT2D eigenvalue weighted by molar-refractivity contribution is 0.438. The summed E-state index contributed by atoms with van der Waals surface area (Å²) in [5.74, 6) is 0.862. The smallest absolute Gasteiger partial charge is 0.219 e. The first-order chi connectivity index (χ1) is 16.2. The average molecular weight is 431 g/mol. The molecule has 0 saturated carbocycles.